The normalized spacial score (nSPS) is 17.5. The van der Waals surface area contributed by atoms with Gasteiger partial charge in [-0.05, 0) is 30.5 Å². The molecule has 5 heteroatoms. The van der Waals surface area contributed by atoms with Crippen LogP contribution in [0.4, 0.5) is 0 Å². The van der Waals surface area contributed by atoms with E-state index in [1.807, 2.05) is 19.3 Å². The number of guanidine groups is 1. The SMILES string of the molecule is CN=C(NCc1ncccc1C)N1CCC(c2ccccc2)C1.I. The molecule has 0 bridgehead atoms. The molecule has 1 unspecified atom stereocenters. The first-order valence-electron chi connectivity index (χ1n) is 8.19. The molecule has 0 saturated carbocycles. The lowest BCUT2D eigenvalue weighted by molar-refractivity contribution is 0.485. The van der Waals surface area contributed by atoms with Crippen LogP contribution >= 0.6 is 24.0 Å². The van der Waals surface area contributed by atoms with E-state index in [1.54, 1.807) is 0 Å². The van der Waals surface area contributed by atoms with E-state index in [1.165, 1.54) is 17.5 Å². The molecule has 24 heavy (non-hydrogen) atoms. The summed E-state index contributed by atoms with van der Waals surface area (Å²) >= 11 is 0. The molecule has 0 spiro atoms. The predicted molar refractivity (Wildman–Crippen MR) is 110 cm³/mol. The van der Waals surface area contributed by atoms with Crippen LogP contribution in [0.2, 0.25) is 0 Å². The number of hydrogen-bond donors (Lipinski definition) is 1. The van der Waals surface area contributed by atoms with Crippen molar-refractivity contribution in [2.75, 3.05) is 20.1 Å². The minimum Gasteiger partial charge on any atom is -0.351 e. The summed E-state index contributed by atoms with van der Waals surface area (Å²) < 4.78 is 0. The molecule has 0 aliphatic carbocycles. The van der Waals surface area contributed by atoms with Crippen LogP contribution in [0.15, 0.2) is 53.7 Å². The first-order valence-corrected chi connectivity index (χ1v) is 8.19. The van der Waals surface area contributed by atoms with Crippen LogP contribution in [-0.4, -0.2) is 36.0 Å². The minimum atomic E-state index is 0. The van der Waals surface area contributed by atoms with Crippen LogP contribution in [-0.2, 0) is 6.54 Å². The summed E-state index contributed by atoms with van der Waals surface area (Å²) in [6.45, 7) is 4.87. The molecule has 3 rings (SSSR count). The number of nitrogens with one attached hydrogen (secondary N) is 1. The topological polar surface area (TPSA) is 40.5 Å². The van der Waals surface area contributed by atoms with E-state index < -0.39 is 0 Å². The molecule has 2 heterocycles. The summed E-state index contributed by atoms with van der Waals surface area (Å²) in [5.41, 5.74) is 3.71. The molecule has 1 aromatic heterocycles. The molecule has 1 fully saturated rings. The van der Waals surface area contributed by atoms with Gasteiger partial charge < -0.3 is 10.2 Å². The number of hydrogen-bond acceptors (Lipinski definition) is 2. The van der Waals surface area contributed by atoms with E-state index in [4.69, 9.17) is 0 Å². The molecule has 1 aliphatic heterocycles. The van der Waals surface area contributed by atoms with Gasteiger partial charge in [-0.25, -0.2) is 0 Å². The van der Waals surface area contributed by atoms with Crippen LogP contribution < -0.4 is 5.32 Å². The van der Waals surface area contributed by atoms with Crippen molar-refractivity contribution in [3.63, 3.8) is 0 Å². The van der Waals surface area contributed by atoms with Crippen molar-refractivity contribution in [3.8, 4) is 0 Å². The van der Waals surface area contributed by atoms with E-state index >= 15 is 0 Å². The van der Waals surface area contributed by atoms with Gasteiger partial charge in [0, 0.05) is 32.3 Å². The van der Waals surface area contributed by atoms with Crippen molar-refractivity contribution in [2.45, 2.75) is 25.8 Å². The summed E-state index contributed by atoms with van der Waals surface area (Å²) in [5.74, 6) is 1.56. The average Bonchev–Trinajstić information content (AvgIpc) is 3.08. The Balaban J connectivity index is 0.00000208. The molecule has 0 radical (unpaired) electrons. The third kappa shape index (κ3) is 4.47. The quantitative estimate of drug-likeness (QED) is 0.455. The number of benzene rings is 1. The van der Waals surface area contributed by atoms with Crippen molar-refractivity contribution in [1.82, 2.24) is 15.2 Å². The summed E-state index contributed by atoms with van der Waals surface area (Å²) in [6, 6.07) is 14.8. The van der Waals surface area contributed by atoms with Gasteiger partial charge in [-0.1, -0.05) is 36.4 Å². The maximum Gasteiger partial charge on any atom is 0.193 e. The monoisotopic (exact) mass is 436 g/mol. The van der Waals surface area contributed by atoms with Gasteiger partial charge in [0.05, 0.1) is 12.2 Å². The average molecular weight is 436 g/mol. The van der Waals surface area contributed by atoms with E-state index in [-0.39, 0.29) is 24.0 Å². The summed E-state index contributed by atoms with van der Waals surface area (Å²) in [6.07, 6.45) is 3.02. The van der Waals surface area contributed by atoms with Crippen LogP contribution in [0.1, 0.15) is 29.2 Å². The highest BCUT2D eigenvalue weighted by molar-refractivity contribution is 14.0. The Bertz CT molecular complexity index is 672. The van der Waals surface area contributed by atoms with Gasteiger partial charge in [-0.2, -0.15) is 0 Å². The molecular weight excluding hydrogens is 411 g/mol. The lowest BCUT2D eigenvalue weighted by Gasteiger charge is -2.22. The third-order valence-corrected chi connectivity index (χ3v) is 4.50. The lowest BCUT2D eigenvalue weighted by Crippen LogP contribution is -2.39. The predicted octanol–water partition coefficient (Wildman–Crippen LogP) is 3.57. The second-order valence-electron chi connectivity index (χ2n) is 6.01. The summed E-state index contributed by atoms with van der Waals surface area (Å²) in [5, 5.41) is 3.45. The number of halogens is 1. The Kier molecular flexibility index (Phi) is 7.02. The van der Waals surface area contributed by atoms with Gasteiger partial charge >= 0.3 is 0 Å². The Morgan fingerprint density at radius 1 is 1.25 bits per heavy atom. The number of likely N-dealkylation sites (tertiary alicyclic amines) is 1. The number of rotatable bonds is 3. The molecule has 1 aliphatic rings. The largest absolute Gasteiger partial charge is 0.351 e. The fraction of sp³-hybridized carbons (Fsp3) is 0.368. The van der Waals surface area contributed by atoms with E-state index in [9.17, 15) is 0 Å². The molecule has 4 nitrogen and oxygen atoms in total. The van der Waals surface area contributed by atoms with Crippen LogP contribution in [0.25, 0.3) is 0 Å². The van der Waals surface area contributed by atoms with Gasteiger partial charge in [0.15, 0.2) is 5.96 Å². The molecule has 1 atom stereocenters. The highest BCUT2D eigenvalue weighted by atomic mass is 127. The molecular formula is C19H25IN4. The summed E-state index contributed by atoms with van der Waals surface area (Å²) in [4.78, 5) is 11.2. The molecule has 1 saturated heterocycles. The van der Waals surface area contributed by atoms with Crippen molar-refractivity contribution >= 4 is 29.9 Å². The minimum absolute atomic E-state index is 0. The molecule has 128 valence electrons. The first kappa shape index (κ1) is 18.7. The maximum atomic E-state index is 4.45. The number of aromatic nitrogens is 1. The number of nitrogens with zero attached hydrogens (tertiary/aromatic N) is 3. The second-order valence-corrected chi connectivity index (χ2v) is 6.01. The zero-order valence-electron chi connectivity index (χ0n) is 14.3. The smallest absolute Gasteiger partial charge is 0.193 e. The van der Waals surface area contributed by atoms with Crippen molar-refractivity contribution < 1.29 is 0 Å². The highest BCUT2D eigenvalue weighted by Gasteiger charge is 2.25. The fourth-order valence-corrected chi connectivity index (χ4v) is 3.15. The first-order chi connectivity index (χ1) is 11.3. The fourth-order valence-electron chi connectivity index (χ4n) is 3.15. The van der Waals surface area contributed by atoms with Crippen LogP contribution in [0.5, 0.6) is 0 Å². The Morgan fingerprint density at radius 3 is 2.75 bits per heavy atom. The molecule has 1 aromatic carbocycles. The maximum absolute atomic E-state index is 4.45. The molecule has 2 aromatic rings. The van der Waals surface area contributed by atoms with Crippen LogP contribution in [0.3, 0.4) is 0 Å². The Hall–Kier alpha value is -1.63. The molecule has 1 N–H and O–H groups in total. The zero-order valence-corrected chi connectivity index (χ0v) is 16.6. The van der Waals surface area contributed by atoms with Crippen molar-refractivity contribution in [2.24, 2.45) is 4.99 Å². The number of aliphatic imine (C=N–C) groups is 1. The standard InChI is InChI=1S/C19H24N4.HI/c1-15-7-6-11-21-18(15)13-22-19(20-2)23-12-10-17(14-23)16-8-4-3-5-9-16;/h3-9,11,17H,10,12-14H2,1-2H3,(H,20,22);1H. The highest BCUT2D eigenvalue weighted by Crippen LogP contribution is 2.26. The number of pyridine rings is 1. The van der Waals surface area contributed by atoms with Gasteiger partial charge in [0.1, 0.15) is 0 Å². The van der Waals surface area contributed by atoms with E-state index in [0.29, 0.717) is 12.5 Å². The van der Waals surface area contributed by atoms with E-state index in [2.05, 4.69) is 63.5 Å². The third-order valence-electron chi connectivity index (χ3n) is 4.50. The van der Waals surface area contributed by atoms with Gasteiger partial charge in [0.25, 0.3) is 0 Å². The second kappa shape index (κ2) is 9.01. The number of aryl methyl sites for hydroxylation is 1. The lowest BCUT2D eigenvalue weighted by atomic mass is 9.99. The van der Waals surface area contributed by atoms with Crippen molar-refractivity contribution in [3.05, 3.63) is 65.5 Å². The zero-order chi connectivity index (χ0) is 16.1. The summed E-state index contributed by atoms with van der Waals surface area (Å²) in [7, 11) is 1.85. The Morgan fingerprint density at radius 2 is 2.04 bits per heavy atom. The van der Waals surface area contributed by atoms with Gasteiger partial charge in [-0.3, -0.25) is 9.98 Å². The van der Waals surface area contributed by atoms with Crippen LogP contribution in [0, 0.1) is 6.92 Å². The van der Waals surface area contributed by atoms with Gasteiger partial charge in [-0.15, -0.1) is 24.0 Å². The van der Waals surface area contributed by atoms with Crippen molar-refractivity contribution in [1.29, 1.82) is 0 Å². The Labute approximate surface area is 161 Å². The van der Waals surface area contributed by atoms with Gasteiger partial charge in [0.2, 0.25) is 0 Å². The molecule has 0 amide bonds. The van der Waals surface area contributed by atoms with E-state index in [0.717, 1.165) is 24.7 Å².